The van der Waals surface area contributed by atoms with Gasteiger partial charge < -0.3 is 9.47 Å². The molecule has 1 aliphatic rings. The van der Waals surface area contributed by atoms with Gasteiger partial charge in [-0.15, -0.1) is 0 Å². The molecule has 0 fully saturated rings. The molecule has 3 nitrogen and oxygen atoms in total. The van der Waals surface area contributed by atoms with Gasteiger partial charge in [-0.2, -0.15) is 0 Å². The monoisotopic (exact) mass is 310 g/mol. The number of carbonyl (C=O) groups excluding carboxylic acids is 1. The molecule has 0 unspecified atom stereocenters. The van der Waals surface area contributed by atoms with Crippen LogP contribution in [-0.4, -0.2) is 17.0 Å². The van der Waals surface area contributed by atoms with Crippen molar-refractivity contribution in [2.24, 2.45) is 0 Å². The quantitative estimate of drug-likeness (QED) is 0.796. The van der Waals surface area contributed by atoms with Crippen molar-refractivity contribution >= 4 is 11.6 Å². The van der Waals surface area contributed by atoms with Gasteiger partial charge in [0.05, 0.1) is 5.56 Å². The molecule has 0 aliphatic carbocycles. The highest BCUT2D eigenvalue weighted by atomic mass is 16.2. The first kappa shape index (κ1) is 15.9. The van der Waals surface area contributed by atoms with Gasteiger partial charge in [0, 0.05) is 29.7 Å². The molecule has 122 valence electrons. The lowest BCUT2D eigenvalue weighted by Gasteiger charge is -2.30. The van der Waals surface area contributed by atoms with Gasteiger partial charge in [-0.3, -0.25) is 4.79 Å². The number of benzene rings is 1. The number of rotatable bonds is 2. The van der Waals surface area contributed by atoms with E-state index in [1.54, 1.807) is 0 Å². The average Bonchev–Trinajstić information content (AvgIpc) is 2.80. The smallest absolute Gasteiger partial charge is 0.260 e. The predicted molar refractivity (Wildman–Crippen MR) is 95.5 cm³/mol. The van der Waals surface area contributed by atoms with E-state index in [-0.39, 0.29) is 5.91 Å². The number of fused-ring (bicyclic) bond motifs is 1. The number of hydrogen-bond acceptors (Lipinski definition) is 1. The molecule has 1 aromatic heterocycles. The zero-order valence-corrected chi connectivity index (χ0v) is 14.8. The maximum atomic E-state index is 13.2. The number of aryl methyl sites for hydroxylation is 3. The number of hydrogen-bond donors (Lipinski definition) is 0. The highest BCUT2D eigenvalue weighted by molar-refractivity contribution is 6.07. The zero-order valence-electron chi connectivity index (χ0n) is 14.8. The van der Waals surface area contributed by atoms with Crippen LogP contribution in [0.25, 0.3) is 0 Å². The van der Waals surface area contributed by atoms with Crippen molar-refractivity contribution in [3.8, 4) is 0 Å². The number of carbonyl (C=O) groups is 1. The molecule has 0 radical (unpaired) electrons. The van der Waals surface area contributed by atoms with Crippen LogP contribution in [0.3, 0.4) is 0 Å². The molecule has 2 heterocycles. The molecule has 1 amide bonds. The van der Waals surface area contributed by atoms with Crippen LogP contribution in [0.2, 0.25) is 0 Å². The fourth-order valence-electron chi connectivity index (χ4n) is 3.87. The van der Waals surface area contributed by atoms with E-state index in [9.17, 15) is 4.79 Å². The third-order valence-electron chi connectivity index (χ3n) is 4.83. The van der Waals surface area contributed by atoms with Crippen LogP contribution in [0.4, 0.5) is 5.69 Å². The normalized spacial score (nSPS) is 14.3. The van der Waals surface area contributed by atoms with Crippen molar-refractivity contribution < 1.29 is 4.79 Å². The molecule has 3 rings (SSSR count). The molecule has 0 saturated heterocycles. The highest BCUT2D eigenvalue weighted by Gasteiger charge is 2.26. The van der Waals surface area contributed by atoms with Gasteiger partial charge in [0.2, 0.25) is 0 Å². The average molecular weight is 310 g/mol. The Labute approximate surface area is 138 Å². The third-order valence-corrected chi connectivity index (χ3v) is 4.83. The lowest BCUT2D eigenvalue weighted by atomic mass is 9.99. The maximum absolute atomic E-state index is 13.2. The van der Waals surface area contributed by atoms with Crippen LogP contribution >= 0.6 is 0 Å². The molecule has 0 saturated carbocycles. The summed E-state index contributed by atoms with van der Waals surface area (Å²) in [5.74, 6) is 0.134. The van der Waals surface area contributed by atoms with Gasteiger partial charge in [-0.25, -0.2) is 0 Å². The summed E-state index contributed by atoms with van der Waals surface area (Å²) in [4.78, 5) is 15.1. The summed E-state index contributed by atoms with van der Waals surface area (Å²) >= 11 is 0. The zero-order chi connectivity index (χ0) is 16.7. The van der Waals surface area contributed by atoms with Crippen molar-refractivity contribution in [1.82, 2.24) is 4.57 Å². The standard InChI is InChI=1S/C20H26N2O/c1-13(2)22-15(4)12-18(16(22)5)20(23)21-10-6-7-17-11-14(3)8-9-19(17)21/h8-9,11-13H,6-7,10H2,1-5H3. The second-order valence-corrected chi connectivity index (χ2v) is 6.94. The van der Waals surface area contributed by atoms with Crippen molar-refractivity contribution in [3.05, 3.63) is 52.3 Å². The van der Waals surface area contributed by atoms with Crippen LogP contribution in [0.15, 0.2) is 24.3 Å². The number of amides is 1. The molecular weight excluding hydrogens is 284 g/mol. The van der Waals surface area contributed by atoms with E-state index in [0.717, 1.165) is 42.0 Å². The first-order valence-electron chi connectivity index (χ1n) is 8.50. The largest absolute Gasteiger partial charge is 0.346 e. The fraction of sp³-hybridized carbons (Fsp3) is 0.450. The van der Waals surface area contributed by atoms with Crippen molar-refractivity contribution in [2.45, 2.75) is 53.5 Å². The molecule has 23 heavy (non-hydrogen) atoms. The summed E-state index contributed by atoms with van der Waals surface area (Å²) in [5.41, 5.74) is 6.70. The van der Waals surface area contributed by atoms with Gasteiger partial charge in [0.1, 0.15) is 0 Å². The molecule has 1 aromatic carbocycles. The first-order chi connectivity index (χ1) is 10.9. The van der Waals surface area contributed by atoms with E-state index in [1.807, 2.05) is 11.0 Å². The van der Waals surface area contributed by atoms with E-state index < -0.39 is 0 Å². The molecule has 0 spiro atoms. The topological polar surface area (TPSA) is 25.2 Å². The summed E-state index contributed by atoms with van der Waals surface area (Å²) in [5, 5.41) is 0. The van der Waals surface area contributed by atoms with Crippen molar-refractivity contribution in [1.29, 1.82) is 0 Å². The summed E-state index contributed by atoms with van der Waals surface area (Å²) in [7, 11) is 0. The molecule has 2 aromatic rings. The minimum atomic E-state index is 0.134. The molecule has 0 N–H and O–H groups in total. The van der Waals surface area contributed by atoms with Gasteiger partial charge in [-0.1, -0.05) is 17.7 Å². The van der Waals surface area contributed by atoms with Gasteiger partial charge in [0.15, 0.2) is 0 Å². The van der Waals surface area contributed by atoms with E-state index in [4.69, 9.17) is 0 Å². The summed E-state index contributed by atoms with van der Waals surface area (Å²) < 4.78 is 2.24. The van der Waals surface area contributed by atoms with Crippen LogP contribution in [0.1, 0.15) is 59.2 Å². The number of nitrogens with zero attached hydrogens (tertiary/aromatic N) is 2. The number of anilines is 1. The second kappa shape index (κ2) is 5.88. The lowest BCUT2D eigenvalue weighted by molar-refractivity contribution is 0.0984. The second-order valence-electron chi connectivity index (χ2n) is 6.94. The summed E-state index contributed by atoms with van der Waals surface area (Å²) in [6.07, 6.45) is 2.09. The fourth-order valence-corrected chi connectivity index (χ4v) is 3.87. The minimum absolute atomic E-state index is 0.134. The predicted octanol–water partition coefficient (Wildman–Crippen LogP) is 4.59. The van der Waals surface area contributed by atoms with Gasteiger partial charge in [-0.05, 0) is 65.2 Å². The van der Waals surface area contributed by atoms with Crippen LogP contribution in [0.5, 0.6) is 0 Å². The summed E-state index contributed by atoms with van der Waals surface area (Å²) in [6, 6.07) is 8.82. The lowest BCUT2D eigenvalue weighted by Crippen LogP contribution is -2.35. The molecule has 0 atom stereocenters. The molecule has 0 bridgehead atoms. The minimum Gasteiger partial charge on any atom is -0.346 e. The Hall–Kier alpha value is -2.03. The third kappa shape index (κ3) is 2.69. The summed E-state index contributed by atoms with van der Waals surface area (Å²) in [6.45, 7) is 11.4. The van der Waals surface area contributed by atoms with E-state index >= 15 is 0 Å². The molecular formula is C20H26N2O. The Morgan fingerprint density at radius 3 is 2.52 bits per heavy atom. The van der Waals surface area contributed by atoms with E-state index in [1.165, 1.54) is 11.1 Å². The van der Waals surface area contributed by atoms with E-state index in [0.29, 0.717) is 6.04 Å². The Morgan fingerprint density at radius 1 is 1.13 bits per heavy atom. The Balaban J connectivity index is 2.01. The maximum Gasteiger partial charge on any atom is 0.260 e. The first-order valence-corrected chi connectivity index (χ1v) is 8.50. The highest BCUT2D eigenvalue weighted by Crippen LogP contribution is 2.30. The Morgan fingerprint density at radius 2 is 1.87 bits per heavy atom. The van der Waals surface area contributed by atoms with Gasteiger partial charge in [0.25, 0.3) is 5.91 Å². The van der Waals surface area contributed by atoms with Gasteiger partial charge >= 0.3 is 0 Å². The SMILES string of the molecule is Cc1ccc2c(c1)CCCN2C(=O)c1cc(C)n(C(C)C)c1C. The molecule has 1 aliphatic heterocycles. The van der Waals surface area contributed by atoms with Crippen molar-refractivity contribution in [3.63, 3.8) is 0 Å². The Kier molecular flexibility index (Phi) is 4.05. The number of aromatic nitrogens is 1. The van der Waals surface area contributed by atoms with E-state index in [2.05, 4.69) is 57.4 Å². The van der Waals surface area contributed by atoms with Crippen LogP contribution in [-0.2, 0) is 6.42 Å². The molecule has 3 heteroatoms. The Bertz CT molecular complexity index is 755. The van der Waals surface area contributed by atoms with Crippen LogP contribution in [0, 0.1) is 20.8 Å². The van der Waals surface area contributed by atoms with Crippen molar-refractivity contribution in [2.75, 3.05) is 11.4 Å². The van der Waals surface area contributed by atoms with Crippen LogP contribution < -0.4 is 4.90 Å².